The van der Waals surface area contributed by atoms with Crippen LogP contribution in [0.25, 0.3) is 0 Å². The fourth-order valence-corrected chi connectivity index (χ4v) is 4.02. The Morgan fingerprint density at radius 3 is 3.11 bits per heavy atom. The Morgan fingerprint density at radius 2 is 2.37 bits per heavy atom. The molecule has 19 heavy (non-hydrogen) atoms. The first-order valence-corrected chi connectivity index (χ1v) is 8.38. The molecule has 0 spiro atoms. The fourth-order valence-electron chi connectivity index (χ4n) is 1.85. The third-order valence-corrected chi connectivity index (χ3v) is 5.84. The van der Waals surface area contributed by atoms with E-state index in [9.17, 15) is 4.79 Å². The molecule has 0 unspecified atom stereocenters. The van der Waals surface area contributed by atoms with Crippen LogP contribution in [0.1, 0.15) is 24.8 Å². The third-order valence-electron chi connectivity index (χ3n) is 3.24. The lowest BCUT2D eigenvalue weighted by Gasteiger charge is -2.17. The Hall–Kier alpha value is -0.560. The molecule has 1 aliphatic heterocycles. The van der Waals surface area contributed by atoms with Crippen molar-refractivity contribution in [1.29, 1.82) is 0 Å². The molecular formula is C13H21N3OS2. The van der Waals surface area contributed by atoms with E-state index in [0.717, 1.165) is 25.3 Å². The maximum atomic E-state index is 11.3. The zero-order valence-electron chi connectivity index (χ0n) is 11.7. The van der Waals surface area contributed by atoms with Gasteiger partial charge in [0.25, 0.3) is 0 Å². The first-order valence-electron chi connectivity index (χ1n) is 6.58. The van der Waals surface area contributed by atoms with Crippen LogP contribution in [-0.2, 0) is 4.79 Å². The number of carbonyl (C=O) groups excluding carboxylic acids is 1. The molecule has 0 fully saturated rings. The van der Waals surface area contributed by atoms with Crippen molar-refractivity contribution in [2.24, 2.45) is 0 Å². The van der Waals surface area contributed by atoms with E-state index in [-0.39, 0.29) is 5.91 Å². The van der Waals surface area contributed by atoms with Gasteiger partial charge in [-0.2, -0.15) is 0 Å². The van der Waals surface area contributed by atoms with Crippen molar-refractivity contribution in [1.82, 2.24) is 10.2 Å². The van der Waals surface area contributed by atoms with Crippen molar-refractivity contribution < 1.29 is 4.79 Å². The Bertz CT molecular complexity index is 447. The average Bonchev–Trinajstić information content (AvgIpc) is 2.81. The first kappa shape index (κ1) is 14.8. The van der Waals surface area contributed by atoms with Crippen molar-refractivity contribution in [3.05, 3.63) is 10.9 Å². The number of hydrogen-bond acceptors (Lipinski definition) is 5. The number of thioether (sulfide) groups is 1. The lowest BCUT2D eigenvalue weighted by atomic mass is 10.2. The average molecular weight is 299 g/mol. The van der Waals surface area contributed by atoms with Crippen molar-refractivity contribution in [3.63, 3.8) is 0 Å². The molecule has 1 aliphatic rings. The SMILES string of the molecule is CCN(C)CCN[C@@H](C)c1cc2c(s1)SCC(=O)N2. The van der Waals surface area contributed by atoms with Crippen LogP contribution in [0, 0.1) is 0 Å². The minimum atomic E-state index is 0.104. The molecule has 2 heterocycles. The van der Waals surface area contributed by atoms with E-state index in [1.807, 2.05) is 0 Å². The molecular weight excluding hydrogens is 278 g/mol. The van der Waals surface area contributed by atoms with Gasteiger partial charge in [0.05, 0.1) is 15.6 Å². The smallest absolute Gasteiger partial charge is 0.234 e. The Kier molecular flexibility index (Phi) is 5.27. The molecule has 0 saturated carbocycles. The molecule has 1 atom stereocenters. The molecule has 6 heteroatoms. The first-order chi connectivity index (χ1) is 9.10. The summed E-state index contributed by atoms with van der Waals surface area (Å²) in [6, 6.07) is 2.43. The molecule has 106 valence electrons. The van der Waals surface area contributed by atoms with Crippen LogP contribution >= 0.6 is 23.1 Å². The van der Waals surface area contributed by atoms with Gasteiger partial charge in [0.2, 0.25) is 5.91 Å². The predicted molar refractivity (Wildman–Crippen MR) is 83.3 cm³/mol. The van der Waals surface area contributed by atoms with Crippen molar-refractivity contribution in [2.45, 2.75) is 24.1 Å². The van der Waals surface area contributed by atoms with Gasteiger partial charge in [-0.05, 0) is 26.6 Å². The maximum absolute atomic E-state index is 11.3. The van der Waals surface area contributed by atoms with Gasteiger partial charge in [0.1, 0.15) is 0 Å². The minimum Gasteiger partial charge on any atom is -0.324 e. The van der Waals surface area contributed by atoms with Crippen molar-refractivity contribution >= 4 is 34.7 Å². The maximum Gasteiger partial charge on any atom is 0.234 e. The monoisotopic (exact) mass is 299 g/mol. The van der Waals surface area contributed by atoms with Gasteiger partial charge < -0.3 is 15.5 Å². The summed E-state index contributed by atoms with van der Waals surface area (Å²) in [4.78, 5) is 14.9. The fraction of sp³-hybridized carbons (Fsp3) is 0.615. The van der Waals surface area contributed by atoms with Gasteiger partial charge in [-0.3, -0.25) is 4.79 Å². The van der Waals surface area contributed by atoms with Gasteiger partial charge in [0, 0.05) is 24.0 Å². The van der Waals surface area contributed by atoms with E-state index in [4.69, 9.17) is 0 Å². The summed E-state index contributed by atoms with van der Waals surface area (Å²) >= 11 is 3.42. The largest absolute Gasteiger partial charge is 0.324 e. The molecule has 2 rings (SSSR count). The molecule has 0 aromatic carbocycles. The third kappa shape index (κ3) is 3.95. The van der Waals surface area contributed by atoms with Gasteiger partial charge in [-0.25, -0.2) is 0 Å². The highest BCUT2D eigenvalue weighted by Crippen LogP contribution is 2.40. The molecule has 4 nitrogen and oxygen atoms in total. The van der Waals surface area contributed by atoms with Gasteiger partial charge in [-0.15, -0.1) is 23.1 Å². The number of likely N-dealkylation sites (N-methyl/N-ethyl adjacent to an activating group) is 1. The lowest BCUT2D eigenvalue weighted by Crippen LogP contribution is -2.30. The summed E-state index contributed by atoms with van der Waals surface area (Å²) in [5.74, 6) is 0.641. The second kappa shape index (κ2) is 6.74. The molecule has 0 saturated heterocycles. The topological polar surface area (TPSA) is 44.4 Å². The summed E-state index contributed by atoms with van der Waals surface area (Å²) in [5.41, 5.74) is 0.987. The van der Waals surface area contributed by atoms with E-state index in [1.165, 1.54) is 9.09 Å². The summed E-state index contributed by atoms with van der Waals surface area (Å²) in [5, 5.41) is 6.46. The second-order valence-corrected chi connectivity index (χ2v) is 7.09. The zero-order valence-corrected chi connectivity index (χ0v) is 13.3. The second-order valence-electron chi connectivity index (χ2n) is 4.76. The van der Waals surface area contributed by atoms with E-state index in [1.54, 1.807) is 23.1 Å². The van der Waals surface area contributed by atoms with Crippen molar-refractivity contribution in [2.75, 3.05) is 37.8 Å². The summed E-state index contributed by atoms with van der Waals surface area (Å²) < 4.78 is 1.23. The summed E-state index contributed by atoms with van der Waals surface area (Å²) in [6.45, 7) is 7.45. The lowest BCUT2D eigenvalue weighted by molar-refractivity contribution is -0.113. The van der Waals surface area contributed by atoms with Crippen LogP contribution in [0.3, 0.4) is 0 Å². The number of nitrogens with one attached hydrogen (secondary N) is 2. The summed E-state index contributed by atoms with van der Waals surface area (Å²) in [7, 11) is 2.13. The van der Waals surface area contributed by atoms with Crippen LogP contribution in [0.4, 0.5) is 5.69 Å². The quantitative estimate of drug-likeness (QED) is 0.846. The molecule has 1 amide bonds. The molecule has 1 aromatic heterocycles. The highest BCUT2D eigenvalue weighted by Gasteiger charge is 2.20. The Balaban J connectivity index is 1.89. The summed E-state index contributed by atoms with van der Waals surface area (Å²) in [6.07, 6.45) is 0. The molecule has 0 bridgehead atoms. The number of fused-ring (bicyclic) bond motifs is 1. The molecule has 0 aliphatic carbocycles. The van der Waals surface area contributed by atoms with E-state index in [0.29, 0.717) is 11.8 Å². The number of nitrogens with zero attached hydrogens (tertiary/aromatic N) is 1. The number of carbonyl (C=O) groups is 1. The number of amides is 1. The zero-order chi connectivity index (χ0) is 13.8. The van der Waals surface area contributed by atoms with E-state index >= 15 is 0 Å². The normalized spacial score (nSPS) is 16.3. The van der Waals surface area contributed by atoms with Gasteiger partial charge in [-0.1, -0.05) is 6.92 Å². The Labute approximate surface area is 122 Å². The molecule has 2 N–H and O–H groups in total. The predicted octanol–water partition coefficient (Wildman–Crippen LogP) is 2.39. The minimum absolute atomic E-state index is 0.104. The highest BCUT2D eigenvalue weighted by atomic mass is 32.2. The Morgan fingerprint density at radius 1 is 1.58 bits per heavy atom. The van der Waals surface area contributed by atoms with Crippen LogP contribution in [0.15, 0.2) is 10.3 Å². The molecule has 0 radical (unpaired) electrons. The molecule has 1 aromatic rings. The van der Waals surface area contributed by atoms with Crippen LogP contribution in [0.5, 0.6) is 0 Å². The van der Waals surface area contributed by atoms with Crippen LogP contribution < -0.4 is 10.6 Å². The van der Waals surface area contributed by atoms with Gasteiger partial charge in [0.15, 0.2) is 0 Å². The van der Waals surface area contributed by atoms with E-state index in [2.05, 4.69) is 42.5 Å². The number of hydrogen-bond donors (Lipinski definition) is 2. The van der Waals surface area contributed by atoms with Crippen LogP contribution in [0.2, 0.25) is 0 Å². The van der Waals surface area contributed by atoms with Gasteiger partial charge >= 0.3 is 0 Å². The standard InChI is InChI=1S/C13H21N3OS2/c1-4-16(3)6-5-14-9(2)11-7-10-13(19-11)18-8-12(17)15-10/h7,9,14H,4-6,8H2,1-3H3,(H,15,17)/t9-/m0/s1. The van der Waals surface area contributed by atoms with E-state index < -0.39 is 0 Å². The van der Waals surface area contributed by atoms with Crippen molar-refractivity contribution in [3.8, 4) is 0 Å². The number of thiophene rings is 1. The highest BCUT2D eigenvalue weighted by molar-refractivity contribution is 8.02. The number of rotatable bonds is 6. The number of anilines is 1. The van der Waals surface area contributed by atoms with Crippen LogP contribution in [-0.4, -0.2) is 43.2 Å².